The fourth-order valence-electron chi connectivity index (χ4n) is 6.16. The van der Waals surface area contributed by atoms with E-state index < -0.39 is 19.9 Å². The summed E-state index contributed by atoms with van der Waals surface area (Å²) in [5, 5.41) is 7.51. The molecule has 0 saturated carbocycles. The molecule has 2 aromatic carbocycles. The minimum absolute atomic E-state index is 0.0392. The number of halogens is 3. The number of H-pyrrole nitrogens is 1. The van der Waals surface area contributed by atoms with E-state index in [4.69, 9.17) is 20.2 Å². The summed E-state index contributed by atoms with van der Waals surface area (Å²) in [6.07, 6.45) is 2.86. The maximum atomic E-state index is 13.6. The van der Waals surface area contributed by atoms with E-state index in [9.17, 15) is 17.7 Å². The van der Waals surface area contributed by atoms with E-state index in [0.29, 0.717) is 68.8 Å². The van der Waals surface area contributed by atoms with Gasteiger partial charge in [0.25, 0.3) is 0 Å². The smallest absolute Gasteiger partial charge is 0.422 e. The number of hydrogen-bond acceptors (Lipinski definition) is 12. The largest absolute Gasteiger partial charge is 0.482 e. The van der Waals surface area contributed by atoms with E-state index in [2.05, 4.69) is 35.6 Å². The second kappa shape index (κ2) is 14.2. The number of nitrogens with two attached hydrogens (primary N) is 1. The van der Waals surface area contributed by atoms with Crippen molar-refractivity contribution in [2.45, 2.75) is 32.2 Å². The maximum Gasteiger partial charge on any atom is 0.422 e. The monoisotopic (exact) mass is 722 g/mol. The Morgan fingerprint density at radius 1 is 1.12 bits per heavy atom. The van der Waals surface area contributed by atoms with Crippen LogP contribution in [0.3, 0.4) is 0 Å². The van der Waals surface area contributed by atoms with Crippen LogP contribution in [0.5, 0.6) is 5.75 Å². The Morgan fingerprint density at radius 3 is 2.55 bits per heavy atom. The molecule has 5 aromatic rings. The van der Waals surface area contributed by atoms with Gasteiger partial charge in [0, 0.05) is 74.0 Å². The third-order valence-corrected chi connectivity index (χ3v) is 9.61. The first-order valence-corrected chi connectivity index (χ1v) is 18.6. The van der Waals surface area contributed by atoms with Crippen LogP contribution >= 0.6 is 7.14 Å². The number of hydrogen-bond donors (Lipinski definition) is 4. The molecule has 268 valence electrons. The van der Waals surface area contributed by atoms with Crippen LogP contribution in [0.15, 0.2) is 60.1 Å². The minimum Gasteiger partial charge on any atom is -0.482 e. The zero-order valence-electron chi connectivity index (χ0n) is 28.6. The molecule has 1 fully saturated rings. The quantitative estimate of drug-likeness (QED) is 0.0958. The van der Waals surface area contributed by atoms with Gasteiger partial charge in [0.1, 0.15) is 29.9 Å². The van der Waals surface area contributed by atoms with Crippen LogP contribution in [0.25, 0.3) is 27.6 Å². The summed E-state index contributed by atoms with van der Waals surface area (Å²) >= 11 is 0. The molecule has 17 heteroatoms. The number of morpholine rings is 1. The van der Waals surface area contributed by atoms with Gasteiger partial charge >= 0.3 is 6.18 Å². The molecule has 1 saturated heterocycles. The predicted molar refractivity (Wildman–Crippen MR) is 196 cm³/mol. The summed E-state index contributed by atoms with van der Waals surface area (Å²) in [7, 11) is -1.31. The van der Waals surface area contributed by atoms with Crippen molar-refractivity contribution in [3.63, 3.8) is 0 Å². The molecule has 4 heterocycles. The molecule has 5 N–H and O–H groups in total. The molecule has 0 bridgehead atoms. The zero-order chi connectivity index (χ0) is 36.5. The van der Waals surface area contributed by atoms with E-state index in [1.54, 1.807) is 69.3 Å². The number of fused-ring (bicyclic) bond motifs is 2. The van der Waals surface area contributed by atoms with Crippen molar-refractivity contribution in [3.8, 4) is 5.75 Å². The van der Waals surface area contributed by atoms with Crippen LogP contribution in [-0.4, -0.2) is 89.6 Å². The van der Waals surface area contributed by atoms with Crippen LogP contribution in [0.2, 0.25) is 0 Å². The number of nitrogens with one attached hydrogen (secondary N) is 3. The molecule has 1 aliphatic heterocycles. The number of ether oxygens (including phenoxy) is 2. The Kier molecular flexibility index (Phi) is 9.91. The molecular formula is C34H38F3N10O3P. The third kappa shape index (κ3) is 7.92. The molecule has 0 unspecified atom stereocenters. The van der Waals surface area contributed by atoms with E-state index in [1.807, 2.05) is 18.7 Å². The van der Waals surface area contributed by atoms with E-state index in [0.717, 1.165) is 0 Å². The summed E-state index contributed by atoms with van der Waals surface area (Å²) in [5.74, 6) is 0.297. The van der Waals surface area contributed by atoms with Crippen LogP contribution < -0.4 is 31.3 Å². The van der Waals surface area contributed by atoms with Crippen LogP contribution in [0, 0.1) is 0 Å². The molecule has 0 amide bonds. The fraction of sp³-hybridized carbons (Fsp3) is 0.324. The van der Waals surface area contributed by atoms with Crippen molar-refractivity contribution >= 4 is 75.1 Å². The summed E-state index contributed by atoms with van der Waals surface area (Å²) in [6.45, 7) is 6.59. The topological polar surface area (TPSA) is 169 Å². The molecule has 1 aliphatic rings. The molecular weight excluding hydrogens is 684 g/mol. The Bertz CT molecular complexity index is 2170. The Hall–Kier alpha value is -5.21. The summed E-state index contributed by atoms with van der Waals surface area (Å²) < 4.78 is 65.6. The lowest BCUT2D eigenvalue weighted by Gasteiger charge is -2.38. The number of nitrogens with zero attached hydrogens (tertiary/aromatic N) is 6. The minimum atomic E-state index is -4.61. The SMILES string of the molecule is CN=CC(=CN)c1cc(Nc2nc(Nc3ccc4nccnc4c3P(C)(C)=O)c3cc[nH]c3n2)c(OCC(F)(F)F)cc1N1C[C@@H](C)O[C@@H](C)C1. The van der Waals surface area contributed by atoms with Gasteiger partial charge in [0.2, 0.25) is 5.95 Å². The van der Waals surface area contributed by atoms with Crippen LogP contribution in [-0.2, 0) is 9.30 Å². The van der Waals surface area contributed by atoms with Crippen molar-refractivity contribution in [3.05, 3.63) is 60.7 Å². The molecule has 13 nitrogen and oxygen atoms in total. The highest BCUT2D eigenvalue weighted by Crippen LogP contribution is 2.42. The van der Waals surface area contributed by atoms with Crippen molar-refractivity contribution < 1.29 is 27.2 Å². The number of aliphatic imine (C=N–C) groups is 1. The normalized spacial score (nSPS) is 17.4. The lowest BCUT2D eigenvalue weighted by Crippen LogP contribution is -2.45. The second-order valence-electron chi connectivity index (χ2n) is 12.6. The number of alkyl halides is 3. The van der Waals surface area contributed by atoms with E-state index in [-0.39, 0.29) is 29.6 Å². The third-order valence-electron chi connectivity index (χ3n) is 8.08. The number of benzene rings is 2. The van der Waals surface area contributed by atoms with Gasteiger partial charge in [0.05, 0.1) is 39.8 Å². The van der Waals surface area contributed by atoms with Gasteiger partial charge in [-0.25, -0.2) is 0 Å². The average Bonchev–Trinajstić information content (AvgIpc) is 3.54. The van der Waals surface area contributed by atoms with E-state index >= 15 is 0 Å². The zero-order valence-corrected chi connectivity index (χ0v) is 29.5. The Morgan fingerprint density at radius 2 is 1.86 bits per heavy atom. The first-order chi connectivity index (χ1) is 24.2. The molecule has 3 aromatic heterocycles. The van der Waals surface area contributed by atoms with Gasteiger partial charge in [0.15, 0.2) is 6.61 Å². The van der Waals surface area contributed by atoms with Crippen molar-refractivity contribution in [2.24, 2.45) is 10.7 Å². The molecule has 0 spiro atoms. The molecule has 51 heavy (non-hydrogen) atoms. The van der Waals surface area contributed by atoms with Crippen molar-refractivity contribution in [1.29, 1.82) is 0 Å². The average molecular weight is 723 g/mol. The molecule has 0 radical (unpaired) electrons. The maximum absolute atomic E-state index is 13.6. The highest BCUT2D eigenvalue weighted by atomic mass is 31.2. The molecule has 2 atom stereocenters. The van der Waals surface area contributed by atoms with Crippen LogP contribution in [0.1, 0.15) is 19.4 Å². The highest BCUT2D eigenvalue weighted by molar-refractivity contribution is 7.71. The predicted octanol–water partition coefficient (Wildman–Crippen LogP) is 6.19. The number of allylic oxidation sites excluding steroid dienone is 1. The number of rotatable bonds is 10. The van der Waals surface area contributed by atoms with Gasteiger partial charge in [-0.05, 0) is 51.4 Å². The van der Waals surface area contributed by atoms with Crippen molar-refractivity contribution in [2.75, 3.05) is 55.6 Å². The highest BCUT2D eigenvalue weighted by Gasteiger charge is 2.31. The lowest BCUT2D eigenvalue weighted by atomic mass is 10.0. The fourth-order valence-corrected chi connectivity index (χ4v) is 7.56. The number of aromatic nitrogens is 5. The van der Waals surface area contributed by atoms with Gasteiger partial charge in [-0.1, -0.05) is 0 Å². The van der Waals surface area contributed by atoms with Gasteiger partial charge in [-0.3, -0.25) is 15.0 Å². The molecule has 0 aliphatic carbocycles. The first kappa shape index (κ1) is 35.6. The Balaban J connectivity index is 1.48. The first-order valence-electron chi connectivity index (χ1n) is 16.0. The van der Waals surface area contributed by atoms with Crippen molar-refractivity contribution in [1.82, 2.24) is 24.9 Å². The second-order valence-corrected chi connectivity index (χ2v) is 15.7. The molecule has 6 rings (SSSR count). The van der Waals surface area contributed by atoms with Gasteiger partial charge in [-0.15, -0.1) is 0 Å². The van der Waals surface area contributed by atoms with Gasteiger partial charge < -0.3 is 40.3 Å². The summed E-state index contributed by atoms with van der Waals surface area (Å²) in [4.78, 5) is 27.4. The standard InChI is InChI=1S/C34H38F3N10O3P/c1-19-16-47(17-20(2)50-19)27-13-28(49-18-34(35,36)37)26(12-23(27)21(14-38)15-39-3)44-33-45-31-22(8-9-42-31)32(46-33)43-25-7-6-24-29(41-11-10-40-24)30(25)51(4,5)48/h6-15,19-20H,16-18,38H2,1-5H3,(H3,42,43,44,45,46)/t19-,20+. The Labute approximate surface area is 292 Å². The summed E-state index contributed by atoms with van der Waals surface area (Å²) in [6, 6.07) is 8.50. The van der Waals surface area contributed by atoms with E-state index in [1.165, 1.54) is 12.4 Å². The van der Waals surface area contributed by atoms with Gasteiger partial charge in [-0.2, -0.15) is 23.1 Å². The van der Waals surface area contributed by atoms with Crippen LogP contribution in [0.4, 0.5) is 42.0 Å². The summed E-state index contributed by atoms with van der Waals surface area (Å²) in [5.41, 5.74) is 9.95. The number of anilines is 5. The lowest BCUT2D eigenvalue weighted by molar-refractivity contribution is -0.153. The number of aromatic amines is 1.